The molecule has 9 nitrogen and oxygen atoms in total. The number of hydrogen-bond donors (Lipinski definition) is 2. The Balaban J connectivity index is 0.00000400. The van der Waals surface area contributed by atoms with E-state index in [9.17, 15) is 22.9 Å². The molecule has 0 saturated carbocycles. The Kier molecular flexibility index (Phi) is 9.43. The molecule has 0 radical (unpaired) electrons. The smallest absolute Gasteiger partial charge is 0.870 e. The number of nitrogens with zero attached hydrogens (tertiary/aromatic N) is 2. The van der Waals surface area contributed by atoms with Crippen LogP contribution >= 0.6 is 23.2 Å². The summed E-state index contributed by atoms with van der Waals surface area (Å²) in [5.74, 6) is -1.22. The van der Waals surface area contributed by atoms with E-state index < -0.39 is 26.7 Å². The molecule has 4 aromatic rings. The van der Waals surface area contributed by atoms with Crippen LogP contribution in [0.5, 0.6) is 11.5 Å². The van der Waals surface area contributed by atoms with Gasteiger partial charge in [-0.05, 0) is 48.2 Å². The molecule has 0 aliphatic heterocycles. The Labute approximate surface area is 250 Å². The first-order chi connectivity index (χ1) is 17.5. The molecule has 0 aromatic heterocycles. The minimum Gasteiger partial charge on any atom is -0.870 e. The van der Waals surface area contributed by atoms with Gasteiger partial charge in [0.15, 0.2) is 5.75 Å². The molecule has 0 saturated heterocycles. The van der Waals surface area contributed by atoms with E-state index in [0.29, 0.717) is 10.8 Å². The van der Waals surface area contributed by atoms with E-state index in [4.69, 9.17) is 27.9 Å². The monoisotopic (exact) mass is 581 g/mol. The van der Waals surface area contributed by atoms with Crippen molar-refractivity contribution in [2.45, 2.75) is 11.8 Å². The average Bonchev–Trinajstić information content (AvgIpc) is 2.84. The number of ether oxygens (including phenoxy) is 1. The number of nitrogens with one attached hydrogen (secondary N) is 1. The summed E-state index contributed by atoms with van der Waals surface area (Å²) in [6, 6.07) is 15.3. The summed E-state index contributed by atoms with van der Waals surface area (Å²) in [7, 11) is -3.15. The number of halogens is 2. The van der Waals surface area contributed by atoms with Gasteiger partial charge in [-0.1, -0.05) is 59.3 Å². The number of azo groups is 1. The van der Waals surface area contributed by atoms with Crippen LogP contribution in [0, 0.1) is 6.92 Å². The third-order valence-corrected chi connectivity index (χ3v) is 7.10. The molecule has 13 heteroatoms. The van der Waals surface area contributed by atoms with Crippen LogP contribution in [0.3, 0.4) is 0 Å². The van der Waals surface area contributed by atoms with E-state index >= 15 is 0 Å². The van der Waals surface area contributed by atoms with Crippen molar-refractivity contribution in [2.75, 3.05) is 12.4 Å². The SMILES string of the molecule is COc1c(Cl)cccc1NC(=O)c1cc2ccccc2c(N=Nc2c(Cl)ccc(S(=O)(=O)O)c2C)c1[O-].[Na+]. The number of anilines is 1. The Bertz CT molecular complexity index is 1700. The van der Waals surface area contributed by atoms with Gasteiger partial charge in [-0.15, -0.1) is 5.11 Å². The number of amides is 1. The van der Waals surface area contributed by atoms with Crippen molar-refractivity contribution in [1.29, 1.82) is 0 Å². The molecule has 190 valence electrons. The normalized spacial score (nSPS) is 11.4. The van der Waals surface area contributed by atoms with Gasteiger partial charge in [0.05, 0.1) is 33.4 Å². The first-order valence-corrected chi connectivity index (χ1v) is 12.8. The fourth-order valence-electron chi connectivity index (χ4n) is 3.73. The zero-order valence-electron chi connectivity index (χ0n) is 20.3. The number of benzene rings is 4. The number of carbonyl (C=O) groups excluding carboxylic acids is 1. The maximum atomic E-state index is 13.4. The Morgan fingerprint density at radius 1 is 1.00 bits per heavy atom. The van der Waals surface area contributed by atoms with Gasteiger partial charge in [0.2, 0.25) is 0 Å². The molecule has 0 atom stereocenters. The van der Waals surface area contributed by atoms with Crippen molar-refractivity contribution in [3.05, 3.63) is 81.8 Å². The second-order valence-corrected chi connectivity index (χ2v) is 10.00. The minimum absolute atomic E-state index is 0. The number of methoxy groups -OCH3 is 1. The maximum Gasteiger partial charge on any atom is 1.00 e. The molecule has 38 heavy (non-hydrogen) atoms. The summed E-state index contributed by atoms with van der Waals surface area (Å²) < 4.78 is 38.1. The van der Waals surface area contributed by atoms with Crippen LogP contribution < -0.4 is 44.7 Å². The van der Waals surface area contributed by atoms with Gasteiger partial charge in [-0.25, -0.2) is 0 Å². The summed E-state index contributed by atoms with van der Waals surface area (Å²) in [4.78, 5) is 12.7. The molecule has 2 N–H and O–H groups in total. The first-order valence-electron chi connectivity index (χ1n) is 10.6. The predicted octanol–water partition coefficient (Wildman–Crippen LogP) is 3.46. The van der Waals surface area contributed by atoms with Crippen LogP contribution in [0.4, 0.5) is 17.1 Å². The third-order valence-electron chi connectivity index (χ3n) is 5.50. The summed E-state index contributed by atoms with van der Waals surface area (Å²) in [5.41, 5.74) is -0.130. The standard InChI is InChI=1S/C25H19Cl2N3O6S.Na/c1-13-20(37(33,34)35)11-10-17(26)21(13)29-30-22-15-7-4-3-6-14(15)12-16(23(22)31)25(32)28-19-9-5-8-18(27)24(19)36-2;/h3-12,31H,1-2H3,(H,28,32)(H,33,34,35);/q;+1/p-1. The maximum absolute atomic E-state index is 13.4. The Morgan fingerprint density at radius 2 is 1.68 bits per heavy atom. The first kappa shape index (κ1) is 29.9. The second kappa shape index (κ2) is 12.0. The molecule has 1 amide bonds. The third kappa shape index (κ3) is 5.97. The summed E-state index contributed by atoms with van der Waals surface area (Å²) >= 11 is 12.3. The van der Waals surface area contributed by atoms with E-state index in [0.717, 1.165) is 6.07 Å². The van der Waals surface area contributed by atoms with Gasteiger partial charge >= 0.3 is 29.6 Å². The number of para-hydroxylation sites is 1. The zero-order chi connectivity index (χ0) is 26.9. The topological polar surface area (TPSA) is 140 Å². The van der Waals surface area contributed by atoms with Crippen LogP contribution in [-0.4, -0.2) is 26.0 Å². The number of carbonyl (C=O) groups is 1. The molecule has 4 aromatic carbocycles. The van der Waals surface area contributed by atoms with Crippen LogP contribution in [-0.2, 0) is 10.1 Å². The number of fused-ring (bicyclic) bond motifs is 1. The molecular weight excluding hydrogens is 564 g/mol. The average molecular weight is 582 g/mol. The summed E-state index contributed by atoms with van der Waals surface area (Å²) in [5, 5.41) is 25.4. The Morgan fingerprint density at radius 3 is 2.37 bits per heavy atom. The van der Waals surface area contributed by atoms with Gasteiger partial charge in [0.1, 0.15) is 5.69 Å². The molecule has 0 bridgehead atoms. The fourth-order valence-corrected chi connectivity index (χ4v) is 4.95. The van der Waals surface area contributed by atoms with Crippen LogP contribution in [0.1, 0.15) is 15.9 Å². The molecule has 0 heterocycles. The fraction of sp³-hybridized carbons (Fsp3) is 0.0800. The second-order valence-electron chi connectivity index (χ2n) is 7.79. The van der Waals surface area contributed by atoms with E-state index in [1.165, 1.54) is 26.2 Å². The zero-order valence-corrected chi connectivity index (χ0v) is 24.6. The number of hydrogen-bond acceptors (Lipinski definition) is 7. The van der Waals surface area contributed by atoms with Gasteiger partial charge < -0.3 is 15.2 Å². The molecule has 0 aliphatic rings. The quantitative estimate of drug-likeness (QED) is 0.203. The predicted molar refractivity (Wildman–Crippen MR) is 140 cm³/mol. The molecule has 0 fully saturated rings. The van der Waals surface area contributed by atoms with Crippen molar-refractivity contribution < 1.29 is 57.2 Å². The van der Waals surface area contributed by atoms with Crippen molar-refractivity contribution in [1.82, 2.24) is 0 Å². The molecular formula is C25H18Cl2N3NaO6S. The molecule has 0 aliphatic carbocycles. The number of rotatable bonds is 6. The van der Waals surface area contributed by atoms with E-state index in [1.54, 1.807) is 42.5 Å². The summed E-state index contributed by atoms with van der Waals surface area (Å²) in [6.45, 7) is 1.39. The molecule has 0 unspecified atom stereocenters. The summed E-state index contributed by atoms with van der Waals surface area (Å²) in [6.07, 6.45) is 0. The van der Waals surface area contributed by atoms with Crippen molar-refractivity contribution in [3.63, 3.8) is 0 Å². The van der Waals surface area contributed by atoms with Crippen LogP contribution in [0.15, 0.2) is 75.8 Å². The van der Waals surface area contributed by atoms with E-state index in [2.05, 4.69) is 15.5 Å². The van der Waals surface area contributed by atoms with Crippen molar-refractivity contribution in [2.24, 2.45) is 10.2 Å². The van der Waals surface area contributed by atoms with Crippen molar-refractivity contribution in [3.8, 4) is 11.5 Å². The van der Waals surface area contributed by atoms with E-state index in [1.807, 2.05) is 0 Å². The van der Waals surface area contributed by atoms with Crippen molar-refractivity contribution >= 4 is 67.1 Å². The van der Waals surface area contributed by atoms with E-state index in [-0.39, 0.29) is 73.5 Å². The van der Waals surface area contributed by atoms with Gasteiger partial charge in [0, 0.05) is 10.9 Å². The largest absolute Gasteiger partial charge is 1.00 e. The van der Waals surface area contributed by atoms with Gasteiger partial charge in [-0.2, -0.15) is 13.5 Å². The molecule has 4 rings (SSSR count). The molecule has 0 spiro atoms. The van der Waals surface area contributed by atoms with Gasteiger partial charge in [-0.3, -0.25) is 9.35 Å². The van der Waals surface area contributed by atoms with Crippen LogP contribution in [0.2, 0.25) is 10.0 Å². The Hall–Kier alpha value is -2.70. The minimum atomic E-state index is -4.55. The van der Waals surface area contributed by atoms with Crippen LogP contribution in [0.25, 0.3) is 10.8 Å². The van der Waals surface area contributed by atoms with Gasteiger partial charge in [0.25, 0.3) is 16.0 Å².